The normalized spacial score (nSPS) is 18.8. The van der Waals surface area contributed by atoms with E-state index in [2.05, 4.69) is 15.3 Å². The van der Waals surface area contributed by atoms with E-state index in [0.717, 1.165) is 0 Å². The van der Waals surface area contributed by atoms with Crippen LogP contribution in [0.4, 0.5) is 0 Å². The summed E-state index contributed by atoms with van der Waals surface area (Å²) in [6.07, 6.45) is 4.05. The zero-order valence-corrected chi connectivity index (χ0v) is 10.8. The number of aromatic nitrogens is 2. The molecule has 0 saturated heterocycles. The molecule has 0 aliphatic carbocycles. The number of carbonyl (C=O) groups is 1. The predicted octanol–water partition coefficient (Wildman–Crippen LogP) is 1.03. The van der Waals surface area contributed by atoms with E-state index in [-0.39, 0.29) is 11.3 Å². The van der Waals surface area contributed by atoms with Gasteiger partial charge in [-0.25, -0.2) is 14.8 Å². The van der Waals surface area contributed by atoms with Crippen molar-refractivity contribution in [2.75, 3.05) is 0 Å². The Labute approximate surface area is 114 Å². The SMILES string of the molecule is CC1=C(C(=O)O)C(c2cncnc2)C([N+](=O)[O-])=C(C)N1. The molecule has 0 bridgehead atoms. The molecule has 1 aliphatic rings. The van der Waals surface area contributed by atoms with Gasteiger partial charge in [0.25, 0.3) is 5.70 Å². The average Bonchev–Trinajstić information content (AvgIpc) is 2.37. The fourth-order valence-electron chi connectivity index (χ4n) is 2.29. The van der Waals surface area contributed by atoms with Crippen LogP contribution < -0.4 is 5.32 Å². The molecule has 0 fully saturated rings. The summed E-state index contributed by atoms with van der Waals surface area (Å²) in [5.74, 6) is -2.21. The summed E-state index contributed by atoms with van der Waals surface area (Å²) in [6, 6.07) is 0. The molecule has 0 spiro atoms. The van der Waals surface area contributed by atoms with E-state index in [1.807, 2.05) is 0 Å². The molecule has 1 atom stereocenters. The first kappa shape index (κ1) is 13.7. The second kappa shape index (κ2) is 5.08. The van der Waals surface area contributed by atoms with Crippen molar-refractivity contribution in [3.05, 3.63) is 57.1 Å². The molecule has 8 nitrogen and oxygen atoms in total. The minimum Gasteiger partial charge on any atom is -0.478 e. The van der Waals surface area contributed by atoms with Gasteiger partial charge in [-0.3, -0.25) is 10.1 Å². The Balaban J connectivity index is 2.67. The fourth-order valence-corrected chi connectivity index (χ4v) is 2.29. The van der Waals surface area contributed by atoms with Gasteiger partial charge in [0.1, 0.15) is 12.2 Å². The maximum Gasteiger partial charge on any atom is 0.334 e. The minimum absolute atomic E-state index is 0.0721. The number of carboxylic acids is 1. The van der Waals surface area contributed by atoms with Crippen LogP contribution in [0.25, 0.3) is 0 Å². The molecule has 1 aromatic heterocycles. The molecular weight excluding hydrogens is 264 g/mol. The number of hydrogen-bond donors (Lipinski definition) is 2. The van der Waals surface area contributed by atoms with Gasteiger partial charge in [0.15, 0.2) is 0 Å². The van der Waals surface area contributed by atoms with Crippen molar-refractivity contribution in [2.45, 2.75) is 19.8 Å². The molecular formula is C12H12N4O4. The van der Waals surface area contributed by atoms with Gasteiger partial charge in [0.05, 0.1) is 16.2 Å². The molecule has 1 aromatic rings. The fraction of sp³-hybridized carbons (Fsp3) is 0.250. The highest BCUT2D eigenvalue weighted by Crippen LogP contribution is 2.37. The zero-order chi connectivity index (χ0) is 14.9. The third kappa shape index (κ3) is 2.22. The van der Waals surface area contributed by atoms with E-state index in [1.54, 1.807) is 6.92 Å². The van der Waals surface area contributed by atoms with Gasteiger partial charge in [-0.2, -0.15) is 0 Å². The van der Waals surface area contributed by atoms with Gasteiger partial charge in [0, 0.05) is 23.7 Å². The van der Waals surface area contributed by atoms with Gasteiger partial charge in [-0.15, -0.1) is 0 Å². The summed E-state index contributed by atoms with van der Waals surface area (Å²) in [6.45, 7) is 3.11. The van der Waals surface area contributed by atoms with E-state index in [1.165, 1.54) is 25.6 Å². The number of nitro groups is 1. The highest BCUT2D eigenvalue weighted by molar-refractivity contribution is 5.90. The Morgan fingerprint density at radius 3 is 2.45 bits per heavy atom. The van der Waals surface area contributed by atoms with Crippen LogP contribution in [0.15, 0.2) is 41.4 Å². The monoisotopic (exact) mass is 276 g/mol. The molecule has 1 aliphatic heterocycles. The predicted molar refractivity (Wildman–Crippen MR) is 67.9 cm³/mol. The van der Waals surface area contributed by atoms with E-state index in [0.29, 0.717) is 17.0 Å². The minimum atomic E-state index is -1.21. The van der Waals surface area contributed by atoms with Crippen molar-refractivity contribution in [3.63, 3.8) is 0 Å². The van der Waals surface area contributed by atoms with Crippen molar-refractivity contribution < 1.29 is 14.8 Å². The van der Waals surface area contributed by atoms with Crippen LogP contribution in [-0.4, -0.2) is 26.0 Å². The molecule has 2 rings (SSSR count). The summed E-state index contributed by atoms with van der Waals surface area (Å²) in [5.41, 5.74) is 0.775. The van der Waals surface area contributed by atoms with Gasteiger partial charge < -0.3 is 10.4 Å². The van der Waals surface area contributed by atoms with Crippen LogP contribution in [0.1, 0.15) is 25.3 Å². The number of carboxylic acid groups (broad SMARTS) is 1. The zero-order valence-electron chi connectivity index (χ0n) is 10.8. The Morgan fingerprint density at radius 2 is 1.95 bits per heavy atom. The van der Waals surface area contributed by atoms with Gasteiger partial charge >= 0.3 is 5.97 Å². The molecule has 1 unspecified atom stereocenters. The molecule has 2 heterocycles. The van der Waals surface area contributed by atoms with Crippen LogP contribution >= 0.6 is 0 Å². The summed E-state index contributed by atoms with van der Waals surface area (Å²) >= 11 is 0. The van der Waals surface area contributed by atoms with Crippen molar-refractivity contribution in [1.82, 2.24) is 15.3 Å². The van der Waals surface area contributed by atoms with E-state index >= 15 is 0 Å². The van der Waals surface area contributed by atoms with E-state index in [9.17, 15) is 20.0 Å². The summed E-state index contributed by atoms with van der Waals surface area (Å²) < 4.78 is 0. The highest BCUT2D eigenvalue weighted by atomic mass is 16.6. The van der Waals surface area contributed by atoms with Gasteiger partial charge in [-0.05, 0) is 13.8 Å². The first-order valence-electron chi connectivity index (χ1n) is 5.74. The number of aliphatic carboxylic acids is 1. The van der Waals surface area contributed by atoms with Crippen molar-refractivity contribution in [3.8, 4) is 0 Å². The van der Waals surface area contributed by atoms with Crippen molar-refractivity contribution in [1.29, 1.82) is 0 Å². The molecule has 20 heavy (non-hydrogen) atoms. The Kier molecular flexibility index (Phi) is 3.47. The van der Waals surface area contributed by atoms with Gasteiger partial charge in [-0.1, -0.05) is 0 Å². The van der Waals surface area contributed by atoms with Crippen LogP contribution in [0.2, 0.25) is 0 Å². The van der Waals surface area contributed by atoms with Gasteiger partial charge in [0.2, 0.25) is 0 Å². The molecule has 0 saturated carbocycles. The van der Waals surface area contributed by atoms with Crippen molar-refractivity contribution >= 4 is 5.97 Å². The maximum atomic E-state index is 11.4. The lowest BCUT2D eigenvalue weighted by Crippen LogP contribution is -2.30. The third-order valence-electron chi connectivity index (χ3n) is 3.07. The molecule has 0 aromatic carbocycles. The Morgan fingerprint density at radius 1 is 1.35 bits per heavy atom. The topological polar surface area (TPSA) is 118 Å². The first-order chi connectivity index (χ1) is 9.43. The third-order valence-corrected chi connectivity index (χ3v) is 3.07. The quantitative estimate of drug-likeness (QED) is 0.625. The van der Waals surface area contributed by atoms with Crippen LogP contribution in [0, 0.1) is 10.1 Å². The smallest absolute Gasteiger partial charge is 0.334 e. The molecule has 0 radical (unpaired) electrons. The summed E-state index contributed by atoms with van der Waals surface area (Å²) in [4.78, 5) is 29.8. The Bertz CT molecular complexity index is 600. The lowest BCUT2D eigenvalue weighted by Gasteiger charge is -2.24. The van der Waals surface area contributed by atoms with Crippen molar-refractivity contribution in [2.24, 2.45) is 0 Å². The van der Waals surface area contributed by atoms with Crippen LogP contribution in [0.5, 0.6) is 0 Å². The molecule has 2 N–H and O–H groups in total. The average molecular weight is 276 g/mol. The standard InChI is InChI=1S/C12H12N4O4/c1-6-9(12(17)18)10(8-3-13-5-14-4-8)11(16(19)20)7(2)15-6/h3-5,10,15H,1-2H3,(H,17,18). The largest absolute Gasteiger partial charge is 0.478 e. The summed E-state index contributed by atoms with van der Waals surface area (Å²) in [7, 11) is 0. The number of allylic oxidation sites excluding steroid dienone is 3. The first-order valence-corrected chi connectivity index (χ1v) is 5.74. The van der Waals surface area contributed by atoms with E-state index < -0.39 is 16.8 Å². The molecule has 104 valence electrons. The lowest BCUT2D eigenvalue weighted by molar-refractivity contribution is -0.431. The molecule has 0 amide bonds. The second-order valence-corrected chi connectivity index (χ2v) is 4.34. The lowest BCUT2D eigenvalue weighted by atomic mass is 9.85. The van der Waals surface area contributed by atoms with E-state index in [4.69, 9.17) is 0 Å². The Hall–Kier alpha value is -2.77. The summed E-state index contributed by atoms with van der Waals surface area (Å²) in [5, 5.41) is 23.4. The van der Waals surface area contributed by atoms with Crippen LogP contribution in [-0.2, 0) is 4.79 Å². The molecule has 8 heteroatoms. The number of hydrogen-bond acceptors (Lipinski definition) is 6. The number of nitrogens with one attached hydrogen (secondary N) is 1. The highest BCUT2D eigenvalue weighted by Gasteiger charge is 2.40. The number of rotatable bonds is 3. The maximum absolute atomic E-state index is 11.4. The number of dihydropyridines is 1. The van der Waals surface area contributed by atoms with Crippen LogP contribution in [0.3, 0.4) is 0 Å². The number of nitrogens with zero attached hydrogens (tertiary/aromatic N) is 3. The second-order valence-electron chi connectivity index (χ2n) is 4.34.